The van der Waals surface area contributed by atoms with Crippen LogP contribution in [0.25, 0.3) is 0 Å². The number of carbonyl (C=O) groups is 1. The summed E-state index contributed by atoms with van der Waals surface area (Å²) < 4.78 is 12.6. The molecule has 1 aliphatic rings. The number of ether oxygens (including phenoxy) is 2. The van der Waals surface area contributed by atoms with Crippen molar-refractivity contribution < 1.29 is 14.3 Å². The van der Waals surface area contributed by atoms with Crippen molar-refractivity contribution in [3.63, 3.8) is 0 Å². The zero-order valence-corrected chi connectivity index (χ0v) is 15.0. The van der Waals surface area contributed by atoms with E-state index in [0.717, 1.165) is 17.1 Å². The number of nitrogens with zero attached hydrogens (tertiary/aromatic N) is 4. The van der Waals surface area contributed by atoms with Gasteiger partial charge >= 0.3 is 0 Å². The highest BCUT2D eigenvalue weighted by Crippen LogP contribution is 2.18. The van der Waals surface area contributed by atoms with E-state index in [2.05, 4.69) is 10.1 Å². The van der Waals surface area contributed by atoms with E-state index >= 15 is 0 Å². The second-order valence-electron chi connectivity index (χ2n) is 6.24. The van der Waals surface area contributed by atoms with Crippen LogP contribution in [0.15, 0.2) is 54.6 Å². The number of pyridine rings is 1. The number of rotatable bonds is 6. The number of benzene rings is 1. The summed E-state index contributed by atoms with van der Waals surface area (Å²) in [4.78, 5) is 19.0. The van der Waals surface area contributed by atoms with Gasteiger partial charge in [0.05, 0.1) is 25.9 Å². The number of carbonyl (C=O) groups excluding carboxylic acids is 1. The summed E-state index contributed by atoms with van der Waals surface area (Å²) in [7, 11) is 1.58. The van der Waals surface area contributed by atoms with E-state index in [1.165, 1.54) is 0 Å². The lowest BCUT2D eigenvalue weighted by Gasteiger charge is -2.27. The molecule has 0 bridgehead atoms. The highest BCUT2D eigenvalue weighted by molar-refractivity contribution is 5.93. The Kier molecular flexibility index (Phi) is 4.74. The Labute approximate surface area is 157 Å². The minimum atomic E-state index is -0.0515. The molecule has 0 atom stereocenters. The van der Waals surface area contributed by atoms with Gasteiger partial charge in [0.25, 0.3) is 5.91 Å². The highest BCUT2D eigenvalue weighted by Gasteiger charge is 2.26. The lowest BCUT2D eigenvalue weighted by molar-refractivity contribution is 0.0681. The molecule has 3 aromatic rings. The van der Waals surface area contributed by atoms with E-state index in [4.69, 9.17) is 9.47 Å². The summed E-state index contributed by atoms with van der Waals surface area (Å²) in [6.07, 6.45) is 0. The third-order valence-electron chi connectivity index (χ3n) is 4.39. The van der Waals surface area contributed by atoms with Gasteiger partial charge in [-0.2, -0.15) is 5.10 Å². The second kappa shape index (κ2) is 7.49. The second-order valence-corrected chi connectivity index (χ2v) is 6.24. The van der Waals surface area contributed by atoms with Gasteiger partial charge in [0.2, 0.25) is 5.88 Å². The SMILES string of the molecule is COc1cccc(CN2CCn3nc(COc4ccccc4)cc3C2=O)n1. The Morgan fingerprint density at radius 3 is 2.70 bits per heavy atom. The molecular weight excluding hydrogens is 344 g/mol. The molecule has 0 unspecified atom stereocenters. The molecule has 0 saturated heterocycles. The number of aromatic nitrogens is 3. The fourth-order valence-electron chi connectivity index (χ4n) is 3.04. The maximum atomic E-state index is 12.8. The smallest absolute Gasteiger partial charge is 0.272 e. The predicted octanol–water partition coefficient (Wildman–Crippen LogP) is 2.52. The van der Waals surface area contributed by atoms with Crippen LogP contribution in [-0.2, 0) is 19.7 Å². The van der Waals surface area contributed by atoms with Gasteiger partial charge in [-0.15, -0.1) is 0 Å². The molecule has 7 nitrogen and oxygen atoms in total. The van der Waals surface area contributed by atoms with Gasteiger partial charge < -0.3 is 14.4 Å². The van der Waals surface area contributed by atoms with Crippen LogP contribution in [0, 0.1) is 0 Å². The summed E-state index contributed by atoms with van der Waals surface area (Å²) in [5.74, 6) is 1.27. The maximum Gasteiger partial charge on any atom is 0.272 e. The Balaban J connectivity index is 1.45. The van der Waals surface area contributed by atoms with E-state index in [0.29, 0.717) is 37.8 Å². The number of hydrogen-bond donors (Lipinski definition) is 0. The largest absolute Gasteiger partial charge is 0.487 e. The summed E-state index contributed by atoms with van der Waals surface area (Å²) >= 11 is 0. The summed E-state index contributed by atoms with van der Waals surface area (Å²) in [5, 5.41) is 4.49. The first-order valence-corrected chi connectivity index (χ1v) is 8.77. The van der Waals surface area contributed by atoms with Crippen LogP contribution >= 0.6 is 0 Å². The van der Waals surface area contributed by atoms with E-state index in [-0.39, 0.29) is 5.91 Å². The van der Waals surface area contributed by atoms with Crippen LogP contribution in [0.1, 0.15) is 21.9 Å². The van der Waals surface area contributed by atoms with Crippen LogP contribution in [0.5, 0.6) is 11.6 Å². The Bertz CT molecular complexity index is 939. The van der Waals surface area contributed by atoms with Gasteiger partial charge in [0.15, 0.2) is 0 Å². The summed E-state index contributed by atoms with van der Waals surface area (Å²) in [6.45, 7) is 2.01. The molecular formula is C20H20N4O3. The van der Waals surface area contributed by atoms with Crippen LogP contribution in [0.2, 0.25) is 0 Å². The molecule has 0 aliphatic carbocycles. The Hall–Kier alpha value is -3.35. The molecule has 2 aromatic heterocycles. The number of para-hydroxylation sites is 1. The lowest BCUT2D eigenvalue weighted by Crippen LogP contribution is -2.40. The van der Waals surface area contributed by atoms with Crippen molar-refractivity contribution >= 4 is 5.91 Å². The first-order valence-electron chi connectivity index (χ1n) is 8.77. The molecule has 4 rings (SSSR count). The predicted molar refractivity (Wildman–Crippen MR) is 98.5 cm³/mol. The van der Waals surface area contributed by atoms with Gasteiger partial charge in [-0.1, -0.05) is 24.3 Å². The van der Waals surface area contributed by atoms with E-state index in [1.54, 1.807) is 28.8 Å². The number of methoxy groups -OCH3 is 1. The topological polar surface area (TPSA) is 69.5 Å². The van der Waals surface area contributed by atoms with E-state index < -0.39 is 0 Å². The molecule has 0 spiro atoms. The fraction of sp³-hybridized carbons (Fsp3) is 0.250. The van der Waals surface area contributed by atoms with E-state index in [9.17, 15) is 4.79 Å². The molecule has 7 heteroatoms. The average molecular weight is 364 g/mol. The summed E-state index contributed by atoms with van der Waals surface area (Å²) in [6, 6.07) is 16.9. The average Bonchev–Trinajstić information content (AvgIpc) is 3.14. The molecule has 138 valence electrons. The van der Waals surface area contributed by atoms with Gasteiger partial charge in [-0.3, -0.25) is 9.48 Å². The molecule has 1 amide bonds. The highest BCUT2D eigenvalue weighted by atomic mass is 16.5. The first-order chi connectivity index (χ1) is 13.2. The third kappa shape index (κ3) is 3.76. The molecule has 0 saturated carbocycles. The first kappa shape index (κ1) is 17.1. The van der Waals surface area contributed by atoms with Crippen molar-refractivity contribution in [1.82, 2.24) is 19.7 Å². The van der Waals surface area contributed by atoms with Gasteiger partial charge in [0.1, 0.15) is 23.7 Å². The zero-order chi connectivity index (χ0) is 18.6. The molecule has 1 aromatic carbocycles. The Morgan fingerprint density at radius 2 is 1.89 bits per heavy atom. The summed E-state index contributed by atoms with van der Waals surface area (Å²) in [5.41, 5.74) is 2.11. The molecule has 3 heterocycles. The fourth-order valence-corrected chi connectivity index (χ4v) is 3.04. The van der Waals surface area contributed by atoms with Gasteiger partial charge in [0, 0.05) is 12.6 Å². The molecule has 0 N–H and O–H groups in total. The number of fused-ring (bicyclic) bond motifs is 1. The molecule has 1 aliphatic heterocycles. The van der Waals surface area contributed by atoms with Crippen LogP contribution in [-0.4, -0.2) is 39.2 Å². The van der Waals surface area contributed by atoms with Crippen molar-refractivity contribution in [3.05, 3.63) is 71.7 Å². The molecule has 0 radical (unpaired) electrons. The minimum absolute atomic E-state index is 0.0515. The molecule has 27 heavy (non-hydrogen) atoms. The van der Waals surface area contributed by atoms with Crippen LogP contribution in [0.3, 0.4) is 0 Å². The normalized spacial score (nSPS) is 13.4. The van der Waals surface area contributed by atoms with Crippen LogP contribution in [0.4, 0.5) is 0 Å². The number of amides is 1. The Morgan fingerprint density at radius 1 is 1.04 bits per heavy atom. The van der Waals surface area contributed by atoms with E-state index in [1.807, 2.05) is 42.5 Å². The van der Waals surface area contributed by atoms with Crippen molar-refractivity contribution in [3.8, 4) is 11.6 Å². The van der Waals surface area contributed by atoms with Crippen molar-refractivity contribution in [2.75, 3.05) is 13.7 Å². The maximum absolute atomic E-state index is 12.8. The standard InChI is InChI=1S/C20H20N4O3/c1-26-19-9-5-6-15(21-19)13-23-10-11-24-18(20(23)25)12-16(22-24)14-27-17-7-3-2-4-8-17/h2-9,12H,10-11,13-14H2,1H3. The third-order valence-corrected chi connectivity index (χ3v) is 4.39. The van der Waals surface area contributed by atoms with Crippen LogP contribution < -0.4 is 9.47 Å². The van der Waals surface area contributed by atoms with Crippen molar-refractivity contribution in [2.45, 2.75) is 19.7 Å². The minimum Gasteiger partial charge on any atom is -0.487 e. The van der Waals surface area contributed by atoms with Gasteiger partial charge in [-0.05, 0) is 24.3 Å². The quantitative estimate of drug-likeness (QED) is 0.672. The van der Waals surface area contributed by atoms with Crippen molar-refractivity contribution in [1.29, 1.82) is 0 Å². The van der Waals surface area contributed by atoms with Crippen molar-refractivity contribution in [2.24, 2.45) is 0 Å². The zero-order valence-electron chi connectivity index (χ0n) is 15.0. The monoisotopic (exact) mass is 364 g/mol. The molecule has 0 fully saturated rings. The van der Waals surface area contributed by atoms with Gasteiger partial charge in [-0.25, -0.2) is 4.98 Å². The lowest BCUT2D eigenvalue weighted by atomic mass is 10.2. The number of hydrogen-bond acceptors (Lipinski definition) is 5.